The van der Waals surface area contributed by atoms with E-state index < -0.39 is 6.09 Å². The van der Waals surface area contributed by atoms with Crippen LogP contribution >= 0.6 is 23.2 Å². The molecule has 0 radical (unpaired) electrons. The molecule has 6 heteroatoms. The minimum atomic E-state index is -0.534. The average Bonchev–Trinajstić information content (AvgIpc) is 2.33. The van der Waals surface area contributed by atoms with E-state index in [4.69, 9.17) is 27.9 Å². The number of benzene rings is 1. The summed E-state index contributed by atoms with van der Waals surface area (Å²) in [5.41, 5.74) is 0.444. The molecule has 0 aliphatic rings. The van der Waals surface area contributed by atoms with Crippen LogP contribution in [0.4, 0.5) is 10.5 Å². The quantitative estimate of drug-likeness (QED) is 0.783. The number of nitrogens with one attached hydrogen (secondary N) is 2. The van der Waals surface area contributed by atoms with Crippen LogP contribution in [0, 0.1) is 0 Å². The third kappa shape index (κ3) is 6.66. The molecule has 1 aromatic carbocycles. The first kappa shape index (κ1) is 16.1. The predicted octanol–water partition coefficient (Wildman–Crippen LogP) is 3.93. The molecule has 0 atom stereocenters. The molecule has 0 unspecified atom stereocenters. The Morgan fingerprint density at radius 2 is 2.11 bits per heavy atom. The van der Waals surface area contributed by atoms with Crippen LogP contribution in [-0.4, -0.2) is 25.3 Å². The fraction of sp³-hybridized carbons (Fsp3) is 0.462. The molecular formula is C13H18Cl2N2O2. The highest BCUT2D eigenvalue weighted by molar-refractivity contribution is 6.35. The Balaban J connectivity index is 2.29. The summed E-state index contributed by atoms with van der Waals surface area (Å²) in [5.74, 6) is 0. The second kappa shape index (κ2) is 8.25. The van der Waals surface area contributed by atoms with Crippen molar-refractivity contribution in [3.63, 3.8) is 0 Å². The van der Waals surface area contributed by atoms with Gasteiger partial charge < -0.3 is 10.1 Å². The van der Waals surface area contributed by atoms with Gasteiger partial charge >= 0.3 is 6.09 Å². The fourth-order valence-corrected chi connectivity index (χ4v) is 1.70. The highest BCUT2D eigenvalue weighted by Crippen LogP contribution is 2.25. The molecule has 4 nitrogen and oxygen atoms in total. The van der Waals surface area contributed by atoms with Gasteiger partial charge in [0.25, 0.3) is 0 Å². The molecule has 1 rings (SSSR count). The largest absolute Gasteiger partial charge is 0.449 e. The van der Waals surface area contributed by atoms with Crippen molar-refractivity contribution in [1.29, 1.82) is 0 Å². The number of rotatable bonds is 6. The van der Waals surface area contributed by atoms with Gasteiger partial charge in [0.1, 0.15) is 0 Å². The Labute approximate surface area is 123 Å². The van der Waals surface area contributed by atoms with Crippen LogP contribution < -0.4 is 10.6 Å². The zero-order chi connectivity index (χ0) is 14.3. The first-order chi connectivity index (χ1) is 8.99. The number of carbonyl (C=O) groups is 1. The molecule has 106 valence electrons. The summed E-state index contributed by atoms with van der Waals surface area (Å²) in [6.45, 7) is 5.29. The van der Waals surface area contributed by atoms with Gasteiger partial charge in [0, 0.05) is 11.1 Å². The van der Waals surface area contributed by atoms with Crippen LogP contribution in [0.1, 0.15) is 20.3 Å². The first-order valence-electron chi connectivity index (χ1n) is 6.11. The molecule has 0 fully saturated rings. The van der Waals surface area contributed by atoms with E-state index >= 15 is 0 Å². The van der Waals surface area contributed by atoms with Gasteiger partial charge in [0.05, 0.1) is 17.3 Å². The monoisotopic (exact) mass is 304 g/mol. The van der Waals surface area contributed by atoms with E-state index in [0.717, 1.165) is 13.0 Å². The SMILES string of the molecule is CC(C)NCCCOC(=O)Nc1cc(Cl)ccc1Cl. The summed E-state index contributed by atoms with van der Waals surface area (Å²) in [4.78, 5) is 11.5. The van der Waals surface area contributed by atoms with Gasteiger partial charge in [-0.25, -0.2) is 4.79 Å². The van der Waals surface area contributed by atoms with Crippen molar-refractivity contribution in [1.82, 2.24) is 5.32 Å². The lowest BCUT2D eigenvalue weighted by molar-refractivity contribution is 0.160. The lowest BCUT2D eigenvalue weighted by Crippen LogP contribution is -2.25. The minimum Gasteiger partial charge on any atom is -0.449 e. The zero-order valence-corrected chi connectivity index (χ0v) is 12.5. The van der Waals surface area contributed by atoms with E-state index in [-0.39, 0.29) is 0 Å². The molecule has 0 saturated heterocycles. The summed E-state index contributed by atoms with van der Waals surface area (Å²) in [5, 5.41) is 6.71. The van der Waals surface area contributed by atoms with Crippen molar-refractivity contribution in [3.8, 4) is 0 Å². The van der Waals surface area contributed by atoms with Gasteiger partial charge in [-0.2, -0.15) is 0 Å². The minimum absolute atomic E-state index is 0.351. The number of amides is 1. The van der Waals surface area contributed by atoms with Gasteiger partial charge in [-0.1, -0.05) is 37.0 Å². The molecule has 0 saturated carbocycles. The molecule has 0 aromatic heterocycles. The lowest BCUT2D eigenvalue weighted by atomic mass is 10.3. The smallest absolute Gasteiger partial charge is 0.411 e. The maximum absolute atomic E-state index is 11.5. The van der Waals surface area contributed by atoms with Crippen LogP contribution in [0.3, 0.4) is 0 Å². The van der Waals surface area contributed by atoms with Crippen LogP contribution in [-0.2, 0) is 4.74 Å². The van der Waals surface area contributed by atoms with Crippen LogP contribution in [0.2, 0.25) is 10.0 Å². The second-order valence-electron chi connectivity index (χ2n) is 4.35. The van der Waals surface area contributed by atoms with Gasteiger partial charge in [0.2, 0.25) is 0 Å². The molecule has 0 bridgehead atoms. The van der Waals surface area contributed by atoms with E-state index in [9.17, 15) is 4.79 Å². The Morgan fingerprint density at radius 3 is 2.79 bits per heavy atom. The standard InChI is InChI=1S/C13H18Cl2N2O2/c1-9(2)16-6-3-7-19-13(18)17-12-8-10(14)4-5-11(12)15/h4-5,8-9,16H,3,6-7H2,1-2H3,(H,17,18). The molecule has 0 aliphatic carbocycles. The maximum atomic E-state index is 11.5. The maximum Gasteiger partial charge on any atom is 0.411 e. The fourth-order valence-electron chi connectivity index (χ4n) is 1.37. The highest BCUT2D eigenvalue weighted by atomic mass is 35.5. The Hall–Kier alpha value is -0.970. The molecule has 0 heterocycles. The van der Waals surface area contributed by atoms with Crippen molar-refractivity contribution in [2.24, 2.45) is 0 Å². The summed E-state index contributed by atoms with van der Waals surface area (Å²) in [7, 11) is 0. The molecular weight excluding hydrogens is 287 g/mol. The number of halogens is 2. The van der Waals surface area contributed by atoms with Crippen molar-refractivity contribution in [3.05, 3.63) is 28.2 Å². The molecule has 1 amide bonds. The van der Waals surface area contributed by atoms with Gasteiger partial charge in [-0.3, -0.25) is 5.32 Å². The van der Waals surface area contributed by atoms with E-state index in [1.807, 2.05) is 0 Å². The number of anilines is 1. The summed E-state index contributed by atoms with van der Waals surface area (Å²) >= 11 is 11.7. The molecule has 2 N–H and O–H groups in total. The third-order valence-electron chi connectivity index (χ3n) is 2.27. The van der Waals surface area contributed by atoms with Gasteiger partial charge in [-0.15, -0.1) is 0 Å². The molecule has 0 spiro atoms. The number of hydrogen-bond acceptors (Lipinski definition) is 3. The molecule has 19 heavy (non-hydrogen) atoms. The van der Waals surface area contributed by atoms with Crippen LogP contribution in [0.5, 0.6) is 0 Å². The third-order valence-corrected chi connectivity index (χ3v) is 2.84. The highest BCUT2D eigenvalue weighted by Gasteiger charge is 2.07. The van der Waals surface area contributed by atoms with Gasteiger partial charge in [-0.05, 0) is 31.2 Å². The number of hydrogen-bond donors (Lipinski definition) is 2. The normalized spacial score (nSPS) is 10.6. The van der Waals surface area contributed by atoms with E-state index in [2.05, 4.69) is 24.5 Å². The van der Waals surface area contributed by atoms with Crippen LogP contribution in [0.25, 0.3) is 0 Å². The van der Waals surface area contributed by atoms with E-state index in [1.54, 1.807) is 18.2 Å². The average molecular weight is 305 g/mol. The van der Waals surface area contributed by atoms with Crippen molar-refractivity contribution >= 4 is 35.0 Å². The first-order valence-corrected chi connectivity index (χ1v) is 6.87. The van der Waals surface area contributed by atoms with E-state index in [1.165, 1.54) is 0 Å². The zero-order valence-electron chi connectivity index (χ0n) is 11.0. The van der Waals surface area contributed by atoms with Crippen molar-refractivity contribution in [2.75, 3.05) is 18.5 Å². The topological polar surface area (TPSA) is 50.4 Å². The van der Waals surface area contributed by atoms with Crippen molar-refractivity contribution in [2.45, 2.75) is 26.3 Å². The molecule has 0 aliphatic heterocycles. The Morgan fingerprint density at radius 1 is 1.37 bits per heavy atom. The second-order valence-corrected chi connectivity index (χ2v) is 5.19. The van der Waals surface area contributed by atoms with Crippen LogP contribution in [0.15, 0.2) is 18.2 Å². The van der Waals surface area contributed by atoms with Gasteiger partial charge in [0.15, 0.2) is 0 Å². The number of ether oxygens (including phenoxy) is 1. The van der Waals surface area contributed by atoms with Crippen molar-refractivity contribution < 1.29 is 9.53 Å². The lowest BCUT2D eigenvalue weighted by Gasteiger charge is -2.10. The Kier molecular flexibility index (Phi) is 6.99. The predicted molar refractivity (Wildman–Crippen MR) is 79.2 cm³/mol. The summed E-state index contributed by atoms with van der Waals surface area (Å²) in [6, 6.07) is 5.27. The number of carbonyl (C=O) groups excluding carboxylic acids is 1. The summed E-state index contributed by atoms with van der Waals surface area (Å²) in [6.07, 6.45) is 0.225. The summed E-state index contributed by atoms with van der Waals surface area (Å²) < 4.78 is 5.03. The Bertz CT molecular complexity index is 425. The molecule has 1 aromatic rings. The van der Waals surface area contributed by atoms with E-state index in [0.29, 0.717) is 28.4 Å².